The summed E-state index contributed by atoms with van der Waals surface area (Å²) < 4.78 is 2.31. The molecule has 0 radical (unpaired) electrons. The second-order valence-corrected chi connectivity index (χ2v) is 6.46. The van der Waals surface area contributed by atoms with E-state index in [-0.39, 0.29) is 29.9 Å². The first-order valence-electron chi connectivity index (χ1n) is 6.58. The smallest absolute Gasteiger partial charge is 0.250 e. The molecular weight excluding hydrogens is 324 g/mol. The van der Waals surface area contributed by atoms with Crippen molar-refractivity contribution < 1.29 is 9.90 Å². The lowest BCUT2D eigenvalue weighted by Crippen LogP contribution is -2.35. The Morgan fingerprint density at radius 3 is 2.80 bits per heavy atom. The summed E-state index contributed by atoms with van der Waals surface area (Å²) in [5, 5.41) is 11.8. The molecular formula is C14H21BrN2O3. The molecule has 1 amide bonds. The van der Waals surface area contributed by atoms with E-state index >= 15 is 0 Å². The van der Waals surface area contributed by atoms with E-state index in [1.165, 1.54) is 10.6 Å². The fraction of sp³-hybridized carbons (Fsp3) is 0.571. The Hall–Kier alpha value is -1.14. The van der Waals surface area contributed by atoms with E-state index < -0.39 is 0 Å². The molecule has 1 rings (SSSR count). The number of aromatic nitrogens is 1. The van der Waals surface area contributed by atoms with Crippen LogP contribution < -0.4 is 10.9 Å². The predicted octanol–water partition coefficient (Wildman–Crippen LogP) is 1.53. The number of hydrogen-bond donors (Lipinski definition) is 2. The molecule has 0 aliphatic heterocycles. The van der Waals surface area contributed by atoms with Gasteiger partial charge in [-0.25, -0.2) is 0 Å². The molecule has 0 fully saturated rings. The molecule has 0 saturated heterocycles. The highest BCUT2D eigenvalue weighted by Crippen LogP contribution is 2.17. The predicted molar refractivity (Wildman–Crippen MR) is 81.5 cm³/mol. The van der Waals surface area contributed by atoms with Gasteiger partial charge in [0.15, 0.2) is 0 Å². The largest absolute Gasteiger partial charge is 0.396 e. The number of halogens is 1. The van der Waals surface area contributed by atoms with Gasteiger partial charge in [0.1, 0.15) is 0 Å². The summed E-state index contributed by atoms with van der Waals surface area (Å²) in [6.07, 6.45) is 2.56. The number of aliphatic hydroxyl groups excluding tert-OH is 1. The lowest BCUT2D eigenvalue weighted by atomic mass is 9.90. The van der Waals surface area contributed by atoms with Gasteiger partial charge >= 0.3 is 0 Å². The van der Waals surface area contributed by atoms with Gasteiger partial charge < -0.3 is 15.0 Å². The van der Waals surface area contributed by atoms with Gasteiger partial charge in [0.25, 0.3) is 5.56 Å². The first-order valence-corrected chi connectivity index (χ1v) is 7.37. The molecule has 0 aliphatic carbocycles. The van der Waals surface area contributed by atoms with Crippen molar-refractivity contribution >= 4 is 21.8 Å². The summed E-state index contributed by atoms with van der Waals surface area (Å²) in [5.41, 5.74) is -0.251. The van der Waals surface area contributed by atoms with Gasteiger partial charge in [-0.15, -0.1) is 0 Å². The molecule has 0 bridgehead atoms. The second kappa shape index (κ2) is 7.59. The van der Waals surface area contributed by atoms with E-state index in [4.69, 9.17) is 5.11 Å². The van der Waals surface area contributed by atoms with Crippen LogP contribution in [-0.4, -0.2) is 28.7 Å². The van der Waals surface area contributed by atoms with Gasteiger partial charge in [-0.2, -0.15) is 0 Å². The Bertz CT molecular complexity index is 511. The Labute approximate surface area is 127 Å². The zero-order valence-electron chi connectivity index (χ0n) is 11.9. The number of aryl methyl sites for hydroxylation is 1. The summed E-state index contributed by atoms with van der Waals surface area (Å²) in [6.45, 7) is 4.95. The molecule has 1 aromatic heterocycles. The zero-order chi connectivity index (χ0) is 15.2. The maximum absolute atomic E-state index is 11.8. The second-order valence-electron chi connectivity index (χ2n) is 5.54. The number of nitrogens with zero attached hydrogens (tertiary/aromatic N) is 1. The number of nitrogens with one attached hydrogen (secondary N) is 1. The van der Waals surface area contributed by atoms with Gasteiger partial charge in [0.05, 0.1) is 0 Å². The SMILES string of the molecule is CC(C)(CCO)CNC(=O)CCn1cc(Br)ccc1=O. The van der Waals surface area contributed by atoms with Gasteiger partial charge in [0.2, 0.25) is 5.91 Å². The van der Waals surface area contributed by atoms with Gasteiger partial charge in [-0.3, -0.25) is 9.59 Å². The van der Waals surface area contributed by atoms with Crippen molar-refractivity contribution in [2.24, 2.45) is 5.41 Å². The van der Waals surface area contributed by atoms with Crippen LogP contribution in [0.2, 0.25) is 0 Å². The van der Waals surface area contributed by atoms with Crippen molar-refractivity contribution in [2.45, 2.75) is 33.2 Å². The monoisotopic (exact) mass is 344 g/mol. The van der Waals surface area contributed by atoms with Crippen molar-refractivity contribution in [3.63, 3.8) is 0 Å². The zero-order valence-corrected chi connectivity index (χ0v) is 13.4. The van der Waals surface area contributed by atoms with Crippen LogP contribution in [0.25, 0.3) is 0 Å². The molecule has 1 heterocycles. The summed E-state index contributed by atoms with van der Waals surface area (Å²) in [6, 6.07) is 3.14. The van der Waals surface area contributed by atoms with Crippen LogP contribution in [0.1, 0.15) is 26.7 Å². The van der Waals surface area contributed by atoms with Crippen LogP contribution in [0, 0.1) is 5.41 Å². The maximum Gasteiger partial charge on any atom is 0.250 e. The number of pyridine rings is 1. The molecule has 0 aromatic carbocycles. The average Bonchev–Trinajstić information content (AvgIpc) is 2.37. The Morgan fingerprint density at radius 1 is 1.45 bits per heavy atom. The quantitative estimate of drug-likeness (QED) is 0.787. The van der Waals surface area contributed by atoms with Crippen LogP contribution in [0.3, 0.4) is 0 Å². The van der Waals surface area contributed by atoms with E-state index in [2.05, 4.69) is 21.2 Å². The molecule has 1 aromatic rings. The van der Waals surface area contributed by atoms with Gasteiger partial charge in [0, 0.05) is 42.9 Å². The topological polar surface area (TPSA) is 71.3 Å². The van der Waals surface area contributed by atoms with E-state index in [0.29, 0.717) is 19.5 Å². The minimum absolute atomic E-state index is 0.0945. The summed E-state index contributed by atoms with van der Waals surface area (Å²) in [7, 11) is 0. The van der Waals surface area contributed by atoms with Crippen molar-refractivity contribution in [3.8, 4) is 0 Å². The van der Waals surface area contributed by atoms with Crippen LogP contribution >= 0.6 is 15.9 Å². The Balaban J connectivity index is 2.44. The number of aliphatic hydroxyl groups is 1. The maximum atomic E-state index is 11.8. The lowest BCUT2D eigenvalue weighted by Gasteiger charge is -2.23. The standard InChI is InChI=1S/C14H21BrN2O3/c1-14(2,6-8-18)10-16-12(19)5-7-17-9-11(15)3-4-13(17)20/h3-4,9,18H,5-8,10H2,1-2H3,(H,16,19). The first-order chi connectivity index (χ1) is 9.34. The minimum Gasteiger partial charge on any atom is -0.396 e. The number of amides is 1. The molecule has 2 N–H and O–H groups in total. The molecule has 0 aliphatic rings. The van der Waals surface area contributed by atoms with Crippen LogP contribution in [0.4, 0.5) is 0 Å². The van der Waals surface area contributed by atoms with Crippen molar-refractivity contribution in [1.82, 2.24) is 9.88 Å². The van der Waals surface area contributed by atoms with Crippen LogP contribution in [0.15, 0.2) is 27.6 Å². The number of carbonyl (C=O) groups is 1. The molecule has 5 nitrogen and oxygen atoms in total. The third-order valence-electron chi connectivity index (χ3n) is 3.08. The highest BCUT2D eigenvalue weighted by atomic mass is 79.9. The lowest BCUT2D eigenvalue weighted by molar-refractivity contribution is -0.121. The first kappa shape index (κ1) is 16.9. The summed E-state index contributed by atoms with van der Waals surface area (Å²) >= 11 is 3.29. The van der Waals surface area contributed by atoms with Crippen molar-refractivity contribution in [3.05, 3.63) is 33.2 Å². The molecule has 0 saturated carbocycles. The van der Waals surface area contributed by atoms with E-state index in [9.17, 15) is 9.59 Å². The number of hydrogen-bond acceptors (Lipinski definition) is 3. The molecule has 6 heteroatoms. The van der Waals surface area contributed by atoms with E-state index in [1.807, 2.05) is 13.8 Å². The summed E-state index contributed by atoms with van der Waals surface area (Å²) in [4.78, 5) is 23.3. The van der Waals surface area contributed by atoms with Gasteiger partial charge in [-0.05, 0) is 33.8 Å². The molecule has 112 valence electrons. The van der Waals surface area contributed by atoms with Crippen molar-refractivity contribution in [2.75, 3.05) is 13.2 Å². The number of rotatable bonds is 7. The van der Waals surface area contributed by atoms with E-state index in [1.54, 1.807) is 12.3 Å². The third-order valence-corrected chi connectivity index (χ3v) is 3.55. The molecule has 0 atom stereocenters. The number of carbonyl (C=O) groups excluding carboxylic acids is 1. The van der Waals surface area contributed by atoms with E-state index in [0.717, 1.165) is 4.47 Å². The van der Waals surface area contributed by atoms with Crippen LogP contribution in [-0.2, 0) is 11.3 Å². The van der Waals surface area contributed by atoms with Crippen LogP contribution in [0.5, 0.6) is 0 Å². The Kier molecular flexibility index (Phi) is 6.42. The summed E-state index contributed by atoms with van der Waals surface area (Å²) in [5.74, 6) is -0.0945. The highest BCUT2D eigenvalue weighted by molar-refractivity contribution is 9.10. The minimum atomic E-state index is -0.128. The Morgan fingerprint density at radius 2 is 2.15 bits per heavy atom. The molecule has 20 heavy (non-hydrogen) atoms. The fourth-order valence-corrected chi connectivity index (χ4v) is 2.10. The fourth-order valence-electron chi connectivity index (χ4n) is 1.72. The normalized spacial score (nSPS) is 11.4. The average molecular weight is 345 g/mol. The molecule has 0 spiro atoms. The van der Waals surface area contributed by atoms with Gasteiger partial charge in [-0.1, -0.05) is 13.8 Å². The van der Waals surface area contributed by atoms with Crippen molar-refractivity contribution in [1.29, 1.82) is 0 Å². The molecule has 0 unspecified atom stereocenters. The third kappa shape index (κ3) is 5.88. The highest BCUT2D eigenvalue weighted by Gasteiger charge is 2.17.